The fourth-order valence-electron chi connectivity index (χ4n) is 2.40. The summed E-state index contributed by atoms with van der Waals surface area (Å²) in [5, 5.41) is 5.58. The van der Waals surface area contributed by atoms with Crippen LogP contribution in [0.3, 0.4) is 0 Å². The molecule has 0 saturated carbocycles. The molecule has 0 bridgehead atoms. The molecule has 3 rings (SSSR count). The molecule has 0 aliphatic rings. The zero-order valence-corrected chi connectivity index (χ0v) is 14.1. The molecule has 132 valence electrons. The first-order chi connectivity index (χ1) is 12.7. The first-order valence-corrected chi connectivity index (χ1v) is 8.26. The Hall–Kier alpha value is -3.34. The van der Waals surface area contributed by atoms with Gasteiger partial charge in [-0.25, -0.2) is 9.18 Å². The minimum Gasteiger partial charge on any atom is -0.489 e. The molecule has 2 N–H and O–H groups in total. The molecule has 0 saturated heterocycles. The van der Waals surface area contributed by atoms with E-state index in [1.165, 1.54) is 12.1 Å². The van der Waals surface area contributed by atoms with Crippen LogP contribution in [0, 0.1) is 5.82 Å². The van der Waals surface area contributed by atoms with Crippen LogP contribution in [0.5, 0.6) is 5.75 Å². The predicted molar refractivity (Wildman–Crippen MR) is 99.5 cm³/mol. The summed E-state index contributed by atoms with van der Waals surface area (Å²) in [4.78, 5) is 12.1. The number of hydrogen-bond acceptors (Lipinski definition) is 2. The number of halogens is 1. The van der Waals surface area contributed by atoms with E-state index in [0.717, 1.165) is 16.9 Å². The van der Waals surface area contributed by atoms with Gasteiger partial charge in [0.05, 0.1) is 0 Å². The Labute approximate surface area is 151 Å². The van der Waals surface area contributed by atoms with E-state index in [4.69, 9.17) is 4.74 Å². The quantitative estimate of drug-likeness (QED) is 0.675. The van der Waals surface area contributed by atoms with Crippen LogP contribution in [0.4, 0.5) is 14.9 Å². The van der Waals surface area contributed by atoms with Crippen molar-refractivity contribution in [3.05, 3.63) is 95.8 Å². The van der Waals surface area contributed by atoms with Crippen LogP contribution in [-0.2, 0) is 13.2 Å². The van der Waals surface area contributed by atoms with Crippen LogP contribution in [0.2, 0.25) is 0 Å². The molecule has 2 amide bonds. The van der Waals surface area contributed by atoms with Gasteiger partial charge in [0.25, 0.3) is 0 Å². The van der Waals surface area contributed by atoms with Gasteiger partial charge in [0, 0.05) is 17.8 Å². The highest BCUT2D eigenvalue weighted by atomic mass is 19.1. The Morgan fingerprint density at radius 1 is 0.885 bits per heavy atom. The van der Waals surface area contributed by atoms with Crippen molar-refractivity contribution < 1.29 is 13.9 Å². The second kappa shape index (κ2) is 8.67. The number of benzene rings is 3. The Bertz CT molecular complexity index is 851. The fraction of sp³-hybridized carbons (Fsp3) is 0.0952. The van der Waals surface area contributed by atoms with E-state index in [-0.39, 0.29) is 11.8 Å². The molecule has 0 aromatic heterocycles. The van der Waals surface area contributed by atoms with Crippen molar-refractivity contribution in [2.45, 2.75) is 13.2 Å². The summed E-state index contributed by atoms with van der Waals surface area (Å²) in [7, 11) is 0. The van der Waals surface area contributed by atoms with Crippen molar-refractivity contribution >= 4 is 11.7 Å². The number of rotatable bonds is 6. The van der Waals surface area contributed by atoms with Gasteiger partial charge >= 0.3 is 6.03 Å². The van der Waals surface area contributed by atoms with Crippen LogP contribution in [0.15, 0.2) is 78.9 Å². The number of nitrogens with one attached hydrogen (secondary N) is 2. The average molecular weight is 350 g/mol. The third kappa shape index (κ3) is 5.08. The Morgan fingerprint density at radius 3 is 2.35 bits per heavy atom. The van der Waals surface area contributed by atoms with Gasteiger partial charge in [-0.2, -0.15) is 0 Å². The lowest BCUT2D eigenvalue weighted by Crippen LogP contribution is -2.28. The maximum Gasteiger partial charge on any atom is 0.319 e. The predicted octanol–water partition coefficient (Wildman–Crippen LogP) is 4.73. The van der Waals surface area contributed by atoms with Gasteiger partial charge in [0.15, 0.2) is 0 Å². The standard InChI is InChI=1S/C21H19FN2O2/c22-18-12-10-16(11-13-18)14-23-21(25)24-20-9-5-4-6-17(20)15-26-19-7-2-1-3-8-19/h1-13H,14-15H2,(H2,23,24,25). The molecule has 0 aliphatic carbocycles. The molecule has 0 spiro atoms. The molecule has 4 nitrogen and oxygen atoms in total. The average Bonchev–Trinajstić information content (AvgIpc) is 2.68. The number of para-hydroxylation sites is 2. The lowest BCUT2D eigenvalue weighted by Gasteiger charge is -2.13. The van der Waals surface area contributed by atoms with Crippen molar-refractivity contribution in [3.63, 3.8) is 0 Å². The van der Waals surface area contributed by atoms with E-state index in [2.05, 4.69) is 10.6 Å². The van der Waals surface area contributed by atoms with Gasteiger partial charge in [0.1, 0.15) is 18.2 Å². The van der Waals surface area contributed by atoms with E-state index < -0.39 is 0 Å². The Morgan fingerprint density at radius 2 is 1.58 bits per heavy atom. The molecule has 0 unspecified atom stereocenters. The summed E-state index contributed by atoms with van der Waals surface area (Å²) in [5.74, 6) is 0.466. The van der Waals surface area contributed by atoms with E-state index in [9.17, 15) is 9.18 Å². The van der Waals surface area contributed by atoms with Gasteiger partial charge in [-0.15, -0.1) is 0 Å². The third-order valence-electron chi connectivity index (χ3n) is 3.77. The molecule has 0 atom stereocenters. The highest BCUT2D eigenvalue weighted by molar-refractivity contribution is 5.90. The number of ether oxygens (including phenoxy) is 1. The molecule has 26 heavy (non-hydrogen) atoms. The minimum atomic E-state index is -0.332. The topological polar surface area (TPSA) is 50.4 Å². The number of carbonyl (C=O) groups is 1. The normalized spacial score (nSPS) is 10.2. The second-order valence-corrected chi connectivity index (χ2v) is 5.69. The fourth-order valence-corrected chi connectivity index (χ4v) is 2.40. The van der Waals surface area contributed by atoms with Crippen molar-refractivity contribution in [2.24, 2.45) is 0 Å². The van der Waals surface area contributed by atoms with Crippen molar-refractivity contribution in [2.75, 3.05) is 5.32 Å². The van der Waals surface area contributed by atoms with Gasteiger partial charge in [-0.3, -0.25) is 0 Å². The lowest BCUT2D eigenvalue weighted by molar-refractivity contribution is 0.251. The lowest BCUT2D eigenvalue weighted by atomic mass is 10.2. The van der Waals surface area contributed by atoms with Gasteiger partial charge in [-0.1, -0.05) is 48.5 Å². The highest BCUT2D eigenvalue weighted by Crippen LogP contribution is 2.18. The summed E-state index contributed by atoms with van der Waals surface area (Å²) in [6.45, 7) is 0.660. The van der Waals surface area contributed by atoms with Gasteiger partial charge in [0.2, 0.25) is 0 Å². The van der Waals surface area contributed by atoms with Gasteiger partial charge in [-0.05, 0) is 35.9 Å². The summed E-state index contributed by atoms with van der Waals surface area (Å²) >= 11 is 0. The highest BCUT2D eigenvalue weighted by Gasteiger charge is 2.07. The van der Waals surface area contributed by atoms with Crippen LogP contribution in [-0.4, -0.2) is 6.03 Å². The molecule has 0 aliphatic heterocycles. The molecule has 5 heteroatoms. The Kier molecular flexibility index (Phi) is 5.83. The zero-order chi connectivity index (χ0) is 18.2. The van der Waals surface area contributed by atoms with Crippen LogP contribution < -0.4 is 15.4 Å². The largest absolute Gasteiger partial charge is 0.489 e. The zero-order valence-electron chi connectivity index (χ0n) is 14.1. The third-order valence-corrected chi connectivity index (χ3v) is 3.77. The van der Waals surface area contributed by atoms with E-state index >= 15 is 0 Å². The van der Waals surface area contributed by atoms with Crippen molar-refractivity contribution in [3.8, 4) is 5.75 Å². The molecule has 0 radical (unpaired) electrons. The molecular weight excluding hydrogens is 331 g/mol. The van der Waals surface area contributed by atoms with Gasteiger partial charge < -0.3 is 15.4 Å². The molecule has 3 aromatic rings. The molecular formula is C21H19FN2O2. The molecule has 3 aromatic carbocycles. The maximum atomic E-state index is 12.9. The second-order valence-electron chi connectivity index (χ2n) is 5.69. The molecule has 0 heterocycles. The summed E-state index contributed by atoms with van der Waals surface area (Å²) < 4.78 is 18.6. The first-order valence-electron chi connectivity index (χ1n) is 8.26. The van der Waals surface area contributed by atoms with Crippen LogP contribution in [0.1, 0.15) is 11.1 Å². The van der Waals surface area contributed by atoms with Crippen LogP contribution >= 0.6 is 0 Å². The van der Waals surface area contributed by atoms with Crippen molar-refractivity contribution in [1.29, 1.82) is 0 Å². The Balaban J connectivity index is 1.56. The van der Waals surface area contributed by atoms with Crippen LogP contribution in [0.25, 0.3) is 0 Å². The monoisotopic (exact) mass is 350 g/mol. The summed E-state index contributed by atoms with van der Waals surface area (Å²) in [6.07, 6.45) is 0. The van der Waals surface area contributed by atoms with E-state index in [1.54, 1.807) is 12.1 Å². The number of urea groups is 1. The first kappa shape index (κ1) is 17.5. The van der Waals surface area contributed by atoms with E-state index in [0.29, 0.717) is 18.8 Å². The SMILES string of the molecule is O=C(NCc1ccc(F)cc1)Nc1ccccc1COc1ccccc1. The number of anilines is 1. The number of amides is 2. The summed E-state index contributed by atoms with van der Waals surface area (Å²) in [6, 6.07) is 22.6. The maximum absolute atomic E-state index is 12.9. The number of carbonyl (C=O) groups excluding carboxylic acids is 1. The number of hydrogen-bond donors (Lipinski definition) is 2. The minimum absolute atomic E-state index is 0.300. The summed E-state index contributed by atoms with van der Waals surface area (Å²) in [5.41, 5.74) is 2.37. The smallest absolute Gasteiger partial charge is 0.319 e. The van der Waals surface area contributed by atoms with E-state index in [1.807, 2.05) is 54.6 Å². The molecule has 0 fully saturated rings. The van der Waals surface area contributed by atoms with Crippen molar-refractivity contribution in [1.82, 2.24) is 5.32 Å².